The summed E-state index contributed by atoms with van der Waals surface area (Å²) in [6, 6.07) is 11.8. The number of amides is 1. The molecule has 0 aliphatic carbocycles. The van der Waals surface area contributed by atoms with E-state index in [2.05, 4.69) is 10.2 Å². The van der Waals surface area contributed by atoms with Crippen LogP contribution in [0.3, 0.4) is 0 Å². The van der Waals surface area contributed by atoms with Crippen LogP contribution in [0.4, 0.5) is 5.69 Å². The first kappa shape index (κ1) is 25.8. The fourth-order valence-corrected chi connectivity index (χ4v) is 5.05. The Kier molecular flexibility index (Phi) is 8.76. The van der Waals surface area contributed by atoms with Gasteiger partial charge in [-0.1, -0.05) is 24.3 Å². The molecule has 1 saturated heterocycles. The maximum Gasteiger partial charge on any atom is 0.243 e. The Morgan fingerprint density at radius 1 is 1.06 bits per heavy atom. The minimum absolute atomic E-state index is 0.296. The third kappa shape index (κ3) is 6.62. The number of hydrogen-bond acceptors (Lipinski definition) is 7. The molecule has 1 fully saturated rings. The van der Waals surface area contributed by atoms with Crippen molar-refractivity contribution < 1.29 is 27.4 Å². The highest BCUT2D eigenvalue weighted by atomic mass is 32.2. The van der Waals surface area contributed by atoms with Gasteiger partial charge in [0.2, 0.25) is 15.9 Å². The van der Waals surface area contributed by atoms with E-state index in [1.807, 2.05) is 24.3 Å². The molecule has 34 heavy (non-hydrogen) atoms. The molecule has 2 aromatic carbocycles. The third-order valence-electron chi connectivity index (χ3n) is 5.71. The molecule has 2 aromatic rings. The molecule has 10 heteroatoms. The van der Waals surface area contributed by atoms with Gasteiger partial charge in [-0.25, -0.2) is 8.42 Å². The van der Waals surface area contributed by atoms with Gasteiger partial charge < -0.3 is 19.5 Å². The SMILES string of the molecule is COc1ccc(N([C@H](C)C(=O)NCc2ccc(CN3CCOCC3)cc2)S(C)(=O)=O)cc1OC. The number of ether oxygens (including phenoxy) is 3. The zero-order chi connectivity index (χ0) is 24.7. The van der Waals surface area contributed by atoms with Crippen molar-refractivity contribution in [1.29, 1.82) is 0 Å². The van der Waals surface area contributed by atoms with Crippen molar-refractivity contribution in [3.8, 4) is 11.5 Å². The molecule has 0 saturated carbocycles. The first-order valence-electron chi connectivity index (χ1n) is 11.1. The van der Waals surface area contributed by atoms with E-state index in [4.69, 9.17) is 14.2 Å². The number of nitrogens with zero attached hydrogens (tertiary/aromatic N) is 2. The van der Waals surface area contributed by atoms with Gasteiger partial charge in [0, 0.05) is 32.2 Å². The lowest BCUT2D eigenvalue weighted by Crippen LogP contribution is -2.47. The number of nitrogens with one attached hydrogen (secondary N) is 1. The van der Waals surface area contributed by atoms with Gasteiger partial charge in [0.05, 0.1) is 39.4 Å². The number of morpholine rings is 1. The average molecular weight is 492 g/mol. The highest BCUT2D eigenvalue weighted by Crippen LogP contribution is 2.33. The number of carbonyl (C=O) groups is 1. The summed E-state index contributed by atoms with van der Waals surface area (Å²) in [5, 5.41) is 2.85. The first-order valence-corrected chi connectivity index (χ1v) is 12.9. The van der Waals surface area contributed by atoms with Gasteiger partial charge in [0.15, 0.2) is 11.5 Å². The quantitative estimate of drug-likeness (QED) is 0.543. The number of carbonyl (C=O) groups excluding carboxylic acids is 1. The molecule has 9 nitrogen and oxygen atoms in total. The van der Waals surface area contributed by atoms with E-state index < -0.39 is 22.0 Å². The molecule has 1 N–H and O–H groups in total. The molecule has 0 bridgehead atoms. The van der Waals surface area contributed by atoms with Gasteiger partial charge in [-0.05, 0) is 30.2 Å². The molecule has 0 unspecified atom stereocenters. The summed E-state index contributed by atoms with van der Waals surface area (Å²) in [4.78, 5) is 15.2. The van der Waals surface area contributed by atoms with Crippen LogP contribution in [-0.2, 0) is 32.6 Å². The second-order valence-electron chi connectivity index (χ2n) is 8.20. The molecule has 3 rings (SSSR count). The number of methoxy groups -OCH3 is 2. The number of anilines is 1. The molecular formula is C24H33N3O6S. The zero-order valence-electron chi connectivity index (χ0n) is 20.1. The highest BCUT2D eigenvalue weighted by molar-refractivity contribution is 7.92. The van der Waals surface area contributed by atoms with E-state index in [9.17, 15) is 13.2 Å². The summed E-state index contributed by atoms with van der Waals surface area (Å²) in [6.07, 6.45) is 1.07. The van der Waals surface area contributed by atoms with Crippen LogP contribution in [0, 0.1) is 0 Å². The summed E-state index contributed by atoms with van der Waals surface area (Å²) >= 11 is 0. The maximum absolute atomic E-state index is 12.9. The minimum Gasteiger partial charge on any atom is -0.493 e. The van der Waals surface area contributed by atoms with Crippen LogP contribution in [0.2, 0.25) is 0 Å². The van der Waals surface area contributed by atoms with E-state index in [1.165, 1.54) is 25.8 Å². The average Bonchev–Trinajstić information content (AvgIpc) is 2.83. The van der Waals surface area contributed by atoms with Crippen LogP contribution in [0.15, 0.2) is 42.5 Å². The van der Waals surface area contributed by atoms with Crippen LogP contribution in [0.1, 0.15) is 18.1 Å². The third-order valence-corrected chi connectivity index (χ3v) is 6.95. The van der Waals surface area contributed by atoms with Crippen molar-refractivity contribution in [1.82, 2.24) is 10.2 Å². The van der Waals surface area contributed by atoms with Crippen LogP contribution in [-0.4, -0.2) is 72.0 Å². The zero-order valence-corrected chi connectivity index (χ0v) is 20.9. The van der Waals surface area contributed by atoms with Crippen molar-refractivity contribution in [2.75, 3.05) is 51.1 Å². The number of benzene rings is 2. The van der Waals surface area contributed by atoms with Crippen LogP contribution >= 0.6 is 0 Å². The number of rotatable bonds is 10. The number of sulfonamides is 1. The Bertz CT molecular complexity index is 1070. The Morgan fingerprint density at radius 3 is 2.26 bits per heavy atom. The monoisotopic (exact) mass is 491 g/mol. The van der Waals surface area contributed by atoms with Gasteiger partial charge >= 0.3 is 0 Å². The lowest BCUT2D eigenvalue weighted by Gasteiger charge is -2.28. The summed E-state index contributed by atoms with van der Waals surface area (Å²) in [5.74, 6) is 0.435. The van der Waals surface area contributed by atoms with E-state index >= 15 is 0 Å². The van der Waals surface area contributed by atoms with Gasteiger partial charge in [0.1, 0.15) is 6.04 Å². The molecule has 1 heterocycles. The van der Waals surface area contributed by atoms with Gasteiger partial charge in [-0.15, -0.1) is 0 Å². The molecule has 0 radical (unpaired) electrons. The molecular weight excluding hydrogens is 458 g/mol. The molecule has 1 aliphatic heterocycles. The molecule has 186 valence electrons. The summed E-state index contributed by atoms with van der Waals surface area (Å²) in [5.41, 5.74) is 2.45. The Balaban J connectivity index is 1.65. The van der Waals surface area contributed by atoms with E-state index in [1.54, 1.807) is 19.1 Å². The second-order valence-corrected chi connectivity index (χ2v) is 10.1. The smallest absolute Gasteiger partial charge is 0.243 e. The van der Waals surface area contributed by atoms with Crippen molar-refractivity contribution >= 4 is 21.6 Å². The molecule has 1 aliphatic rings. The molecule has 0 spiro atoms. The Hall–Kier alpha value is -2.82. The van der Waals surface area contributed by atoms with E-state index in [-0.39, 0.29) is 0 Å². The fraction of sp³-hybridized carbons (Fsp3) is 0.458. The topological polar surface area (TPSA) is 97.4 Å². The lowest BCUT2D eigenvalue weighted by molar-refractivity contribution is -0.122. The van der Waals surface area contributed by atoms with E-state index in [0.29, 0.717) is 23.7 Å². The largest absolute Gasteiger partial charge is 0.493 e. The Morgan fingerprint density at radius 2 is 1.68 bits per heavy atom. The van der Waals surface area contributed by atoms with Crippen molar-refractivity contribution in [3.63, 3.8) is 0 Å². The van der Waals surface area contributed by atoms with Crippen LogP contribution in [0.25, 0.3) is 0 Å². The van der Waals surface area contributed by atoms with Crippen LogP contribution < -0.4 is 19.1 Å². The molecule has 1 atom stereocenters. The first-order chi connectivity index (χ1) is 16.2. The van der Waals surface area contributed by atoms with E-state index in [0.717, 1.165) is 49.0 Å². The van der Waals surface area contributed by atoms with Crippen molar-refractivity contribution in [3.05, 3.63) is 53.6 Å². The van der Waals surface area contributed by atoms with Crippen LogP contribution in [0.5, 0.6) is 11.5 Å². The summed E-state index contributed by atoms with van der Waals surface area (Å²) in [7, 11) is -0.783. The summed E-state index contributed by atoms with van der Waals surface area (Å²) in [6.45, 7) is 6.08. The predicted molar refractivity (Wildman–Crippen MR) is 131 cm³/mol. The molecule has 1 amide bonds. The molecule has 0 aromatic heterocycles. The van der Waals surface area contributed by atoms with Gasteiger partial charge in [0.25, 0.3) is 0 Å². The minimum atomic E-state index is -3.75. The lowest BCUT2D eigenvalue weighted by atomic mass is 10.1. The Labute approximate surface area is 201 Å². The predicted octanol–water partition coefficient (Wildman–Crippen LogP) is 2.01. The van der Waals surface area contributed by atoms with Crippen molar-refractivity contribution in [2.24, 2.45) is 0 Å². The maximum atomic E-state index is 12.9. The second kappa shape index (κ2) is 11.5. The summed E-state index contributed by atoms with van der Waals surface area (Å²) < 4.78 is 42.1. The van der Waals surface area contributed by atoms with Gasteiger partial charge in [-0.3, -0.25) is 14.0 Å². The highest BCUT2D eigenvalue weighted by Gasteiger charge is 2.29. The van der Waals surface area contributed by atoms with Gasteiger partial charge in [-0.2, -0.15) is 0 Å². The number of hydrogen-bond donors (Lipinski definition) is 1. The van der Waals surface area contributed by atoms with Crippen molar-refractivity contribution in [2.45, 2.75) is 26.1 Å². The normalized spacial score (nSPS) is 15.4. The fourth-order valence-electron chi connectivity index (χ4n) is 3.89. The standard InChI is InChI=1S/C24H33N3O6S/c1-18(27(34(4,29)30)21-9-10-22(31-2)23(15-21)32-3)24(28)25-16-19-5-7-20(8-6-19)17-26-11-13-33-14-12-26/h5-10,15,18H,11-14,16-17H2,1-4H3,(H,25,28)/t18-/m1/s1.